The molecule has 1 amide bonds. The lowest BCUT2D eigenvalue weighted by Crippen LogP contribution is -2.43. The van der Waals surface area contributed by atoms with Crippen molar-refractivity contribution < 1.29 is 17.9 Å². The number of benzene rings is 2. The van der Waals surface area contributed by atoms with Gasteiger partial charge in [0, 0.05) is 30.6 Å². The Balaban J connectivity index is 1.37. The second kappa shape index (κ2) is 11.2. The van der Waals surface area contributed by atoms with Gasteiger partial charge >= 0.3 is 0 Å². The summed E-state index contributed by atoms with van der Waals surface area (Å²) < 4.78 is 33.1. The van der Waals surface area contributed by atoms with Crippen molar-refractivity contribution >= 4 is 27.5 Å². The third kappa shape index (κ3) is 6.47. The molecule has 0 bridgehead atoms. The van der Waals surface area contributed by atoms with Crippen molar-refractivity contribution in [3.63, 3.8) is 0 Å². The van der Waals surface area contributed by atoms with Crippen LogP contribution in [-0.2, 0) is 14.8 Å². The van der Waals surface area contributed by atoms with Crippen LogP contribution in [0.25, 0.3) is 0 Å². The van der Waals surface area contributed by atoms with E-state index in [2.05, 4.69) is 5.32 Å². The number of nitrogens with zero attached hydrogens (tertiary/aromatic N) is 1. The van der Waals surface area contributed by atoms with Crippen molar-refractivity contribution in [2.24, 2.45) is 5.92 Å². The average Bonchev–Trinajstić information content (AvgIpc) is 2.77. The highest BCUT2D eigenvalue weighted by Gasteiger charge is 2.32. The van der Waals surface area contributed by atoms with E-state index in [-0.39, 0.29) is 11.8 Å². The zero-order valence-electron chi connectivity index (χ0n) is 18.6. The Hall–Kier alpha value is -2.09. The molecule has 0 radical (unpaired) electrons. The highest BCUT2D eigenvalue weighted by atomic mass is 35.5. The normalized spacial score (nSPS) is 15.5. The van der Waals surface area contributed by atoms with Crippen LogP contribution in [-0.4, -0.2) is 44.9 Å². The zero-order chi connectivity index (χ0) is 23.1. The van der Waals surface area contributed by atoms with E-state index in [1.165, 1.54) is 4.31 Å². The molecule has 1 fully saturated rings. The van der Waals surface area contributed by atoms with Crippen molar-refractivity contribution in [1.82, 2.24) is 9.62 Å². The number of aryl methyl sites for hydroxylation is 2. The minimum absolute atomic E-state index is 0.00665. The summed E-state index contributed by atoms with van der Waals surface area (Å²) in [5.41, 5.74) is 1.79. The Morgan fingerprint density at radius 3 is 2.44 bits per heavy atom. The van der Waals surface area contributed by atoms with E-state index < -0.39 is 10.0 Å². The third-order valence-corrected chi connectivity index (χ3v) is 8.04. The van der Waals surface area contributed by atoms with Crippen LogP contribution in [0.5, 0.6) is 5.75 Å². The largest absolute Gasteiger partial charge is 0.494 e. The molecule has 0 atom stereocenters. The Morgan fingerprint density at radius 2 is 1.78 bits per heavy atom. The van der Waals surface area contributed by atoms with Gasteiger partial charge in [0.25, 0.3) is 0 Å². The van der Waals surface area contributed by atoms with Crippen LogP contribution in [0.3, 0.4) is 0 Å². The standard InChI is InChI=1S/C24H31ClN2O4S/c1-18-5-10-23(19(2)17-18)32(29,30)27-14-11-20(12-15-27)24(28)26-13-3-4-16-31-22-8-6-21(25)7-9-22/h5-10,17,20H,3-4,11-16H2,1-2H3,(H,26,28). The molecule has 2 aromatic rings. The van der Waals surface area contributed by atoms with E-state index in [0.29, 0.717) is 49.0 Å². The van der Waals surface area contributed by atoms with Crippen LogP contribution in [0.1, 0.15) is 36.8 Å². The van der Waals surface area contributed by atoms with Gasteiger partial charge in [0.15, 0.2) is 0 Å². The predicted octanol–water partition coefficient (Wildman–Crippen LogP) is 4.33. The number of ether oxygens (including phenoxy) is 1. The maximum absolute atomic E-state index is 13.0. The molecule has 174 valence electrons. The average molecular weight is 479 g/mol. The number of nitrogens with one attached hydrogen (secondary N) is 1. The van der Waals surface area contributed by atoms with E-state index in [9.17, 15) is 13.2 Å². The van der Waals surface area contributed by atoms with Crippen LogP contribution >= 0.6 is 11.6 Å². The first kappa shape index (κ1) is 24.6. The lowest BCUT2D eigenvalue weighted by molar-refractivity contribution is -0.126. The number of hydrogen-bond donors (Lipinski definition) is 1. The predicted molar refractivity (Wildman–Crippen MR) is 127 cm³/mol. The first-order valence-electron chi connectivity index (χ1n) is 11.0. The molecular formula is C24H31ClN2O4S. The van der Waals surface area contributed by atoms with Gasteiger partial charge < -0.3 is 10.1 Å². The third-order valence-electron chi connectivity index (χ3n) is 5.73. The molecule has 2 aromatic carbocycles. The van der Waals surface area contributed by atoms with E-state index in [1.807, 2.05) is 38.1 Å². The number of unbranched alkanes of at least 4 members (excludes halogenated alkanes) is 1. The fraction of sp³-hybridized carbons (Fsp3) is 0.458. The Labute approximate surface area is 196 Å². The maximum Gasteiger partial charge on any atom is 0.243 e. The van der Waals surface area contributed by atoms with E-state index in [4.69, 9.17) is 16.3 Å². The number of hydrogen-bond acceptors (Lipinski definition) is 4. The van der Waals surface area contributed by atoms with Crippen LogP contribution in [0, 0.1) is 19.8 Å². The maximum atomic E-state index is 13.0. The van der Waals surface area contributed by atoms with Crippen molar-refractivity contribution in [1.29, 1.82) is 0 Å². The van der Waals surface area contributed by atoms with E-state index in [0.717, 1.165) is 29.7 Å². The monoisotopic (exact) mass is 478 g/mol. The lowest BCUT2D eigenvalue weighted by atomic mass is 9.97. The van der Waals surface area contributed by atoms with Crippen LogP contribution in [0.15, 0.2) is 47.4 Å². The number of rotatable bonds is 9. The van der Waals surface area contributed by atoms with Crippen LogP contribution in [0.2, 0.25) is 5.02 Å². The van der Waals surface area contributed by atoms with Gasteiger partial charge in [-0.2, -0.15) is 4.31 Å². The number of sulfonamides is 1. The summed E-state index contributed by atoms with van der Waals surface area (Å²) in [6, 6.07) is 12.6. The van der Waals surface area contributed by atoms with Gasteiger partial charge in [-0.1, -0.05) is 29.3 Å². The molecule has 1 aliphatic rings. The van der Waals surface area contributed by atoms with Gasteiger partial charge in [-0.15, -0.1) is 0 Å². The summed E-state index contributed by atoms with van der Waals surface area (Å²) in [5, 5.41) is 3.65. The fourth-order valence-corrected chi connectivity index (χ4v) is 5.69. The number of carbonyl (C=O) groups excluding carboxylic acids is 1. The molecule has 1 N–H and O–H groups in total. The molecular weight excluding hydrogens is 448 g/mol. The Bertz CT molecular complexity index is 1020. The minimum Gasteiger partial charge on any atom is -0.494 e. The topological polar surface area (TPSA) is 75.7 Å². The number of piperidine rings is 1. The molecule has 8 heteroatoms. The lowest BCUT2D eigenvalue weighted by Gasteiger charge is -2.31. The summed E-state index contributed by atoms with van der Waals surface area (Å²) in [6.07, 6.45) is 2.72. The quantitative estimate of drug-likeness (QED) is 0.544. The highest BCUT2D eigenvalue weighted by Crippen LogP contribution is 2.26. The van der Waals surface area contributed by atoms with Gasteiger partial charge in [-0.25, -0.2) is 8.42 Å². The van der Waals surface area contributed by atoms with E-state index in [1.54, 1.807) is 18.2 Å². The number of carbonyl (C=O) groups is 1. The molecule has 1 aliphatic heterocycles. The summed E-state index contributed by atoms with van der Waals surface area (Å²) in [4.78, 5) is 12.8. The smallest absolute Gasteiger partial charge is 0.243 e. The van der Waals surface area contributed by atoms with Crippen molar-refractivity contribution in [3.8, 4) is 5.75 Å². The molecule has 0 aromatic heterocycles. The Morgan fingerprint density at radius 1 is 1.09 bits per heavy atom. The van der Waals surface area contributed by atoms with Crippen LogP contribution < -0.4 is 10.1 Å². The second-order valence-corrected chi connectivity index (χ2v) is 10.6. The number of amides is 1. The molecule has 0 aliphatic carbocycles. The van der Waals surface area contributed by atoms with Gasteiger partial charge in [-0.3, -0.25) is 4.79 Å². The number of halogens is 1. The van der Waals surface area contributed by atoms with Gasteiger partial charge in [0.05, 0.1) is 11.5 Å². The summed E-state index contributed by atoms with van der Waals surface area (Å²) in [7, 11) is -3.53. The first-order valence-corrected chi connectivity index (χ1v) is 12.8. The van der Waals surface area contributed by atoms with Crippen molar-refractivity contribution in [2.45, 2.75) is 44.4 Å². The molecule has 0 saturated carbocycles. The molecule has 0 spiro atoms. The molecule has 0 unspecified atom stereocenters. The van der Waals surface area contributed by atoms with E-state index >= 15 is 0 Å². The molecule has 6 nitrogen and oxygen atoms in total. The SMILES string of the molecule is Cc1ccc(S(=O)(=O)N2CCC(C(=O)NCCCCOc3ccc(Cl)cc3)CC2)c(C)c1. The molecule has 3 rings (SSSR count). The summed E-state index contributed by atoms with van der Waals surface area (Å²) in [5.74, 6) is 0.638. The van der Waals surface area contributed by atoms with Crippen molar-refractivity contribution in [3.05, 3.63) is 58.6 Å². The fourth-order valence-electron chi connectivity index (χ4n) is 3.89. The van der Waals surface area contributed by atoms with Gasteiger partial charge in [-0.05, 0) is 75.4 Å². The molecule has 32 heavy (non-hydrogen) atoms. The van der Waals surface area contributed by atoms with Gasteiger partial charge in [0.2, 0.25) is 15.9 Å². The Kier molecular flexibility index (Phi) is 8.57. The minimum atomic E-state index is -3.53. The first-order chi connectivity index (χ1) is 15.3. The highest BCUT2D eigenvalue weighted by molar-refractivity contribution is 7.89. The van der Waals surface area contributed by atoms with Crippen LogP contribution in [0.4, 0.5) is 0 Å². The summed E-state index contributed by atoms with van der Waals surface area (Å²) >= 11 is 5.85. The van der Waals surface area contributed by atoms with Gasteiger partial charge in [0.1, 0.15) is 5.75 Å². The molecule has 1 heterocycles. The zero-order valence-corrected chi connectivity index (χ0v) is 20.2. The second-order valence-electron chi connectivity index (χ2n) is 8.25. The summed E-state index contributed by atoms with van der Waals surface area (Å²) in [6.45, 7) is 5.65. The molecule has 1 saturated heterocycles. The van der Waals surface area contributed by atoms with Crippen molar-refractivity contribution in [2.75, 3.05) is 26.2 Å².